The lowest BCUT2D eigenvalue weighted by Crippen LogP contribution is -2.38. The van der Waals surface area contributed by atoms with Crippen LogP contribution in [0.25, 0.3) is 10.6 Å². The van der Waals surface area contributed by atoms with Gasteiger partial charge >= 0.3 is 0 Å². The van der Waals surface area contributed by atoms with Crippen molar-refractivity contribution >= 4 is 40.4 Å². The Labute approximate surface area is 179 Å². The summed E-state index contributed by atoms with van der Waals surface area (Å²) in [4.78, 5) is 31.9. The van der Waals surface area contributed by atoms with Crippen molar-refractivity contribution in [2.45, 2.75) is 20.3 Å². The highest BCUT2D eigenvalue weighted by molar-refractivity contribution is 7.17. The Balaban J connectivity index is 1.73. The predicted octanol–water partition coefficient (Wildman–Crippen LogP) is 5.26. The van der Waals surface area contributed by atoms with E-state index in [-0.39, 0.29) is 18.4 Å². The van der Waals surface area contributed by atoms with Crippen LogP contribution in [0.2, 0.25) is 5.02 Å². The molecular weight excluding hydrogens is 406 g/mol. The Morgan fingerprint density at radius 2 is 1.86 bits per heavy atom. The highest BCUT2D eigenvalue weighted by Gasteiger charge is 2.21. The Hall–Kier alpha value is -2.70. The summed E-state index contributed by atoms with van der Waals surface area (Å²) in [6.45, 7) is 4.37. The molecule has 0 aliphatic carbocycles. The van der Waals surface area contributed by atoms with Crippen molar-refractivity contribution < 1.29 is 9.59 Å². The molecular formula is C22H22ClN3O2S. The van der Waals surface area contributed by atoms with Crippen LogP contribution in [0.3, 0.4) is 0 Å². The summed E-state index contributed by atoms with van der Waals surface area (Å²) < 4.78 is 0. The number of nitrogens with zero attached hydrogens (tertiary/aromatic N) is 2. The average Bonchev–Trinajstić information content (AvgIpc) is 3.19. The molecule has 150 valence electrons. The van der Waals surface area contributed by atoms with Crippen LogP contribution in [0.5, 0.6) is 0 Å². The smallest absolute Gasteiger partial charge is 0.266 e. The van der Waals surface area contributed by atoms with Gasteiger partial charge < -0.3 is 10.2 Å². The van der Waals surface area contributed by atoms with E-state index < -0.39 is 0 Å². The first-order valence-corrected chi connectivity index (χ1v) is 10.5. The van der Waals surface area contributed by atoms with E-state index in [4.69, 9.17) is 11.6 Å². The highest BCUT2D eigenvalue weighted by Crippen LogP contribution is 2.31. The van der Waals surface area contributed by atoms with Gasteiger partial charge in [0, 0.05) is 17.8 Å². The third-order valence-electron chi connectivity index (χ3n) is 4.36. The first kappa shape index (κ1) is 21.0. The molecule has 0 atom stereocenters. The largest absolute Gasteiger partial charge is 0.329 e. The van der Waals surface area contributed by atoms with Crippen LogP contribution < -0.4 is 5.32 Å². The summed E-state index contributed by atoms with van der Waals surface area (Å²) in [7, 11) is 0. The minimum Gasteiger partial charge on any atom is -0.329 e. The standard InChI is InChI=1S/C22H22ClN3O2S/c1-3-12-26(14-20(27)25-18-11-7-4-8-15(18)2)22(28)19-13-24-21(29-19)16-9-5-6-10-17(16)23/h4-11,13H,3,12,14H2,1-2H3,(H,25,27). The lowest BCUT2D eigenvalue weighted by Gasteiger charge is -2.21. The summed E-state index contributed by atoms with van der Waals surface area (Å²) in [6.07, 6.45) is 2.30. The number of rotatable bonds is 7. The second-order valence-electron chi connectivity index (χ2n) is 6.60. The number of nitrogens with one attached hydrogen (secondary N) is 1. The Morgan fingerprint density at radius 3 is 2.59 bits per heavy atom. The maximum atomic E-state index is 13.0. The van der Waals surface area contributed by atoms with Gasteiger partial charge in [0.1, 0.15) is 16.4 Å². The van der Waals surface area contributed by atoms with Gasteiger partial charge in [0.05, 0.1) is 11.2 Å². The topological polar surface area (TPSA) is 62.3 Å². The molecule has 0 spiro atoms. The molecule has 0 aliphatic heterocycles. The number of halogens is 1. The number of carbonyl (C=O) groups excluding carboxylic acids is 2. The quantitative estimate of drug-likeness (QED) is 0.559. The fourth-order valence-electron chi connectivity index (χ4n) is 2.89. The summed E-state index contributed by atoms with van der Waals surface area (Å²) in [5.41, 5.74) is 2.51. The number of hydrogen-bond acceptors (Lipinski definition) is 4. The minimum atomic E-state index is -0.225. The van der Waals surface area contributed by atoms with Gasteiger partial charge in [-0.3, -0.25) is 9.59 Å². The van der Waals surface area contributed by atoms with Crippen molar-refractivity contribution in [1.29, 1.82) is 0 Å². The zero-order valence-electron chi connectivity index (χ0n) is 16.3. The van der Waals surface area contributed by atoms with E-state index in [9.17, 15) is 9.59 Å². The minimum absolute atomic E-state index is 0.0136. The van der Waals surface area contributed by atoms with E-state index in [2.05, 4.69) is 10.3 Å². The van der Waals surface area contributed by atoms with E-state index in [1.54, 1.807) is 17.2 Å². The van der Waals surface area contributed by atoms with Crippen molar-refractivity contribution in [1.82, 2.24) is 9.88 Å². The first-order chi connectivity index (χ1) is 14.0. The number of benzene rings is 2. The van der Waals surface area contributed by atoms with E-state index in [1.807, 2.05) is 56.3 Å². The highest BCUT2D eigenvalue weighted by atomic mass is 35.5. The normalized spacial score (nSPS) is 10.6. The Morgan fingerprint density at radius 1 is 1.14 bits per heavy atom. The van der Waals surface area contributed by atoms with Crippen LogP contribution in [0.4, 0.5) is 5.69 Å². The molecule has 0 bridgehead atoms. The van der Waals surface area contributed by atoms with Crippen LogP contribution in [0, 0.1) is 6.92 Å². The molecule has 0 aliphatic rings. The number of para-hydroxylation sites is 1. The Kier molecular flexibility index (Phi) is 7.01. The molecule has 1 N–H and O–H groups in total. The van der Waals surface area contributed by atoms with Crippen molar-refractivity contribution in [3.63, 3.8) is 0 Å². The lowest BCUT2D eigenvalue weighted by atomic mass is 10.2. The van der Waals surface area contributed by atoms with Crippen LogP contribution in [0.1, 0.15) is 28.6 Å². The molecule has 2 amide bonds. The second-order valence-corrected chi connectivity index (χ2v) is 8.04. The third kappa shape index (κ3) is 5.22. The fraction of sp³-hybridized carbons (Fsp3) is 0.227. The van der Waals surface area contributed by atoms with Crippen molar-refractivity contribution in [3.05, 3.63) is 70.2 Å². The molecule has 2 aromatic carbocycles. The van der Waals surface area contributed by atoms with Crippen LogP contribution in [-0.2, 0) is 4.79 Å². The van der Waals surface area contributed by atoms with Crippen molar-refractivity contribution in [3.8, 4) is 10.6 Å². The lowest BCUT2D eigenvalue weighted by molar-refractivity contribution is -0.116. The summed E-state index contributed by atoms with van der Waals surface area (Å²) in [6, 6.07) is 14.9. The molecule has 1 aromatic heterocycles. The molecule has 1 heterocycles. The Bertz CT molecular complexity index is 1020. The van der Waals surface area contributed by atoms with Crippen molar-refractivity contribution in [2.75, 3.05) is 18.4 Å². The number of anilines is 1. The molecule has 3 aromatic rings. The molecule has 0 fully saturated rings. The molecule has 7 heteroatoms. The van der Waals surface area contributed by atoms with Gasteiger partial charge in [-0.2, -0.15) is 0 Å². The van der Waals surface area contributed by atoms with Gasteiger partial charge in [0.15, 0.2) is 0 Å². The number of hydrogen-bond donors (Lipinski definition) is 1. The first-order valence-electron chi connectivity index (χ1n) is 9.35. The molecule has 5 nitrogen and oxygen atoms in total. The molecule has 29 heavy (non-hydrogen) atoms. The van der Waals surface area contributed by atoms with Gasteiger partial charge in [-0.05, 0) is 31.0 Å². The van der Waals surface area contributed by atoms with Gasteiger partial charge in [-0.1, -0.05) is 54.9 Å². The zero-order valence-corrected chi connectivity index (χ0v) is 17.9. The number of carbonyl (C=O) groups is 2. The van der Waals surface area contributed by atoms with Gasteiger partial charge in [-0.25, -0.2) is 4.98 Å². The zero-order chi connectivity index (χ0) is 20.8. The molecule has 0 saturated heterocycles. The van der Waals surface area contributed by atoms with Crippen LogP contribution in [-0.4, -0.2) is 34.8 Å². The number of aromatic nitrogens is 1. The van der Waals surface area contributed by atoms with Crippen LogP contribution >= 0.6 is 22.9 Å². The molecule has 0 radical (unpaired) electrons. The van der Waals surface area contributed by atoms with E-state index in [1.165, 1.54) is 11.3 Å². The molecule has 0 saturated carbocycles. The second kappa shape index (κ2) is 9.67. The van der Waals surface area contributed by atoms with Gasteiger partial charge in [0.2, 0.25) is 5.91 Å². The van der Waals surface area contributed by atoms with Crippen LogP contribution in [0.15, 0.2) is 54.7 Å². The molecule has 3 rings (SSSR count). The van der Waals surface area contributed by atoms with Gasteiger partial charge in [-0.15, -0.1) is 11.3 Å². The maximum absolute atomic E-state index is 13.0. The summed E-state index contributed by atoms with van der Waals surface area (Å²) >= 11 is 7.51. The predicted molar refractivity (Wildman–Crippen MR) is 119 cm³/mol. The number of amides is 2. The van der Waals surface area contributed by atoms with Gasteiger partial charge in [0.25, 0.3) is 5.91 Å². The molecule has 0 unspecified atom stereocenters. The number of aryl methyl sites for hydroxylation is 1. The monoisotopic (exact) mass is 427 g/mol. The van der Waals surface area contributed by atoms with E-state index >= 15 is 0 Å². The number of thiazole rings is 1. The van der Waals surface area contributed by atoms with E-state index in [0.717, 1.165) is 23.2 Å². The maximum Gasteiger partial charge on any atom is 0.266 e. The van der Waals surface area contributed by atoms with E-state index in [0.29, 0.717) is 21.5 Å². The average molecular weight is 428 g/mol. The fourth-order valence-corrected chi connectivity index (χ4v) is 4.09. The van der Waals surface area contributed by atoms with Crippen molar-refractivity contribution in [2.24, 2.45) is 0 Å². The third-order valence-corrected chi connectivity index (χ3v) is 5.70. The SMILES string of the molecule is CCCN(CC(=O)Nc1ccccc1C)C(=O)c1cnc(-c2ccccc2Cl)s1. The summed E-state index contributed by atoms with van der Waals surface area (Å²) in [5, 5.41) is 4.15. The summed E-state index contributed by atoms with van der Waals surface area (Å²) in [5.74, 6) is -0.431.